The number of aromatic nitrogens is 8. The standard InChI is InChI=1S/C18H17FN10O2S/c19-15-3-2-13(10-14(15)18-23-25-26-24-18)32(30,31)28-8-6-27(7-9-28)16-11-17(21-12-20-16)29-5-1-4-22-29/h1-5,10-12H,6-9H2,(H,23,24,25,26). The number of piperazine rings is 1. The van der Waals surface area contributed by atoms with Crippen LogP contribution >= 0.6 is 0 Å². The highest BCUT2D eigenvalue weighted by atomic mass is 32.2. The van der Waals surface area contributed by atoms with E-state index in [9.17, 15) is 12.8 Å². The fourth-order valence-electron chi connectivity index (χ4n) is 3.46. The topological polar surface area (TPSA) is 139 Å². The van der Waals surface area contributed by atoms with Gasteiger partial charge >= 0.3 is 0 Å². The monoisotopic (exact) mass is 456 g/mol. The molecule has 5 rings (SSSR count). The van der Waals surface area contributed by atoms with Gasteiger partial charge in [0.25, 0.3) is 0 Å². The molecule has 14 heteroatoms. The highest BCUT2D eigenvalue weighted by molar-refractivity contribution is 7.89. The van der Waals surface area contributed by atoms with Crippen LogP contribution in [0.25, 0.3) is 17.2 Å². The van der Waals surface area contributed by atoms with Gasteiger partial charge in [0.05, 0.1) is 10.5 Å². The molecule has 1 aliphatic rings. The number of hydrogen-bond donors (Lipinski definition) is 1. The molecule has 0 radical (unpaired) electrons. The summed E-state index contributed by atoms with van der Waals surface area (Å²) in [7, 11) is -3.83. The van der Waals surface area contributed by atoms with Gasteiger partial charge in [-0.05, 0) is 29.5 Å². The predicted molar refractivity (Wildman–Crippen MR) is 110 cm³/mol. The molecule has 0 saturated carbocycles. The Hall–Kier alpha value is -3.78. The predicted octanol–water partition coefficient (Wildman–Crippen LogP) is 0.492. The van der Waals surface area contributed by atoms with Crippen LogP contribution in [0.15, 0.2) is 53.9 Å². The van der Waals surface area contributed by atoms with Gasteiger partial charge in [-0.3, -0.25) is 0 Å². The van der Waals surface area contributed by atoms with Crippen LogP contribution in [0.4, 0.5) is 10.2 Å². The van der Waals surface area contributed by atoms with Crippen molar-refractivity contribution in [1.82, 2.24) is 44.7 Å². The number of nitrogens with one attached hydrogen (secondary N) is 1. The number of aromatic amines is 1. The van der Waals surface area contributed by atoms with E-state index in [4.69, 9.17) is 0 Å². The van der Waals surface area contributed by atoms with E-state index in [1.165, 1.54) is 22.8 Å². The van der Waals surface area contributed by atoms with E-state index in [2.05, 4.69) is 35.7 Å². The van der Waals surface area contributed by atoms with Crippen molar-refractivity contribution in [3.05, 3.63) is 54.9 Å². The summed E-state index contributed by atoms with van der Waals surface area (Å²) in [5.74, 6) is 0.659. The molecule has 0 bridgehead atoms. The minimum absolute atomic E-state index is 0.0129. The van der Waals surface area contributed by atoms with Crippen molar-refractivity contribution in [3.8, 4) is 17.2 Å². The Morgan fingerprint density at radius 2 is 1.84 bits per heavy atom. The maximum Gasteiger partial charge on any atom is 0.243 e. The molecule has 1 aromatic carbocycles. The van der Waals surface area contributed by atoms with Crippen molar-refractivity contribution in [2.75, 3.05) is 31.1 Å². The van der Waals surface area contributed by atoms with Crippen molar-refractivity contribution in [3.63, 3.8) is 0 Å². The molecule has 3 aromatic heterocycles. The average molecular weight is 456 g/mol. The zero-order valence-electron chi connectivity index (χ0n) is 16.6. The molecule has 1 N–H and O–H groups in total. The summed E-state index contributed by atoms with van der Waals surface area (Å²) < 4.78 is 43.5. The zero-order chi connectivity index (χ0) is 22.1. The summed E-state index contributed by atoms with van der Waals surface area (Å²) >= 11 is 0. The Morgan fingerprint density at radius 3 is 2.56 bits per heavy atom. The highest BCUT2D eigenvalue weighted by Crippen LogP contribution is 2.26. The Morgan fingerprint density at radius 1 is 1.03 bits per heavy atom. The van der Waals surface area contributed by atoms with Gasteiger partial charge in [0.2, 0.25) is 15.8 Å². The number of rotatable bonds is 5. The smallest absolute Gasteiger partial charge is 0.243 e. The molecule has 4 aromatic rings. The second-order valence-electron chi connectivity index (χ2n) is 6.95. The summed E-state index contributed by atoms with van der Waals surface area (Å²) in [4.78, 5) is 10.5. The molecule has 164 valence electrons. The zero-order valence-corrected chi connectivity index (χ0v) is 17.4. The first-order valence-corrected chi connectivity index (χ1v) is 11.1. The van der Waals surface area contributed by atoms with Crippen LogP contribution in [0.1, 0.15) is 0 Å². The van der Waals surface area contributed by atoms with Crippen LogP contribution in [0.5, 0.6) is 0 Å². The summed E-state index contributed by atoms with van der Waals surface area (Å²) in [5, 5.41) is 17.3. The number of H-pyrrole nitrogens is 1. The maximum atomic E-state index is 14.2. The number of nitrogens with zero attached hydrogens (tertiary/aromatic N) is 9. The molecule has 0 atom stereocenters. The van der Waals surface area contributed by atoms with Gasteiger partial charge in [0.15, 0.2) is 5.82 Å². The van der Waals surface area contributed by atoms with Crippen LogP contribution in [0, 0.1) is 5.82 Å². The first-order valence-electron chi connectivity index (χ1n) is 9.63. The van der Waals surface area contributed by atoms with Crippen molar-refractivity contribution < 1.29 is 12.8 Å². The van der Waals surface area contributed by atoms with Crippen LogP contribution in [0.2, 0.25) is 0 Å². The fraction of sp³-hybridized carbons (Fsp3) is 0.222. The maximum absolute atomic E-state index is 14.2. The Bertz CT molecular complexity index is 1320. The van der Waals surface area contributed by atoms with E-state index in [-0.39, 0.29) is 29.4 Å². The first-order chi connectivity index (χ1) is 15.5. The minimum Gasteiger partial charge on any atom is -0.354 e. The van der Waals surface area contributed by atoms with E-state index in [0.717, 1.165) is 6.07 Å². The van der Waals surface area contributed by atoms with Gasteiger partial charge in [0, 0.05) is 44.6 Å². The van der Waals surface area contributed by atoms with Gasteiger partial charge in [-0.25, -0.2) is 27.5 Å². The summed E-state index contributed by atoms with van der Waals surface area (Å²) in [6.45, 7) is 1.37. The van der Waals surface area contributed by atoms with Gasteiger partial charge in [-0.15, -0.1) is 10.2 Å². The summed E-state index contributed by atoms with van der Waals surface area (Å²) in [6, 6.07) is 7.15. The van der Waals surface area contributed by atoms with Crippen molar-refractivity contribution >= 4 is 15.8 Å². The van der Waals surface area contributed by atoms with E-state index in [1.54, 1.807) is 29.2 Å². The molecule has 0 spiro atoms. The van der Waals surface area contributed by atoms with Gasteiger partial charge < -0.3 is 4.90 Å². The lowest BCUT2D eigenvalue weighted by atomic mass is 10.2. The van der Waals surface area contributed by atoms with Crippen molar-refractivity contribution in [2.45, 2.75) is 4.90 Å². The molecule has 4 heterocycles. The molecule has 1 fully saturated rings. The Balaban J connectivity index is 1.33. The van der Waals surface area contributed by atoms with Gasteiger partial charge in [0.1, 0.15) is 18.0 Å². The summed E-state index contributed by atoms with van der Waals surface area (Å²) in [6.07, 6.45) is 4.89. The molecular weight excluding hydrogens is 439 g/mol. The van der Waals surface area contributed by atoms with Crippen LogP contribution in [-0.4, -0.2) is 79.3 Å². The lowest BCUT2D eigenvalue weighted by molar-refractivity contribution is 0.383. The number of sulfonamides is 1. The third-order valence-electron chi connectivity index (χ3n) is 5.10. The Kier molecular flexibility index (Phi) is 5.07. The molecule has 32 heavy (non-hydrogen) atoms. The van der Waals surface area contributed by atoms with Crippen LogP contribution in [0.3, 0.4) is 0 Å². The number of halogens is 1. The van der Waals surface area contributed by atoms with Crippen LogP contribution in [-0.2, 0) is 10.0 Å². The molecule has 1 saturated heterocycles. The van der Waals surface area contributed by atoms with E-state index in [0.29, 0.717) is 24.7 Å². The van der Waals surface area contributed by atoms with Crippen molar-refractivity contribution in [2.24, 2.45) is 0 Å². The average Bonchev–Trinajstić information content (AvgIpc) is 3.54. The van der Waals surface area contributed by atoms with E-state index >= 15 is 0 Å². The first kappa shape index (κ1) is 20.1. The van der Waals surface area contributed by atoms with Crippen molar-refractivity contribution in [1.29, 1.82) is 0 Å². The molecule has 0 amide bonds. The summed E-state index contributed by atoms with van der Waals surface area (Å²) in [5.41, 5.74) is -0.0365. The van der Waals surface area contributed by atoms with E-state index in [1.807, 2.05) is 4.90 Å². The van der Waals surface area contributed by atoms with Crippen LogP contribution < -0.4 is 4.90 Å². The second kappa shape index (κ2) is 8.05. The lowest BCUT2D eigenvalue weighted by Crippen LogP contribution is -2.49. The number of anilines is 1. The van der Waals surface area contributed by atoms with E-state index < -0.39 is 15.8 Å². The molecule has 0 aliphatic carbocycles. The van der Waals surface area contributed by atoms with Gasteiger partial charge in [-0.1, -0.05) is 0 Å². The molecule has 0 unspecified atom stereocenters. The SMILES string of the molecule is O=S(=O)(c1ccc(F)c(-c2nn[nH]n2)c1)N1CCN(c2cc(-n3cccn3)ncn2)CC1. The third kappa shape index (κ3) is 3.69. The second-order valence-corrected chi connectivity index (χ2v) is 8.89. The number of hydrogen-bond acceptors (Lipinski definition) is 9. The fourth-order valence-corrected chi connectivity index (χ4v) is 4.91. The van der Waals surface area contributed by atoms with Gasteiger partial charge in [-0.2, -0.15) is 14.6 Å². The lowest BCUT2D eigenvalue weighted by Gasteiger charge is -2.34. The number of tetrazole rings is 1. The third-order valence-corrected chi connectivity index (χ3v) is 7.00. The number of benzene rings is 1. The largest absolute Gasteiger partial charge is 0.354 e. The quantitative estimate of drug-likeness (QED) is 0.454. The molecular formula is C18H17FN10O2S. The Labute approximate surface area is 181 Å². The molecule has 1 aliphatic heterocycles. The molecule has 12 nitrogen and oxygen atoms in total. The minimum atomic E-state index is -3.83. The highest BCUT2D eigenvalue weighted by Gasteiger charge is 2.30. The normalized spacial score (nSPS) is 15.2.